The molecular weight excluding hydrogens is 323 g/mol. The van der Waals surface area contributed by atoms with Crippen LogP contribution in [0.4, 0.5) is 4.39 Å². The Morgan fingerprint density at radius 1 is 1.15 bits per heavy atom. The minimum atomic E-state index is -0.453. The van der Waals surface area contributed by atoms with Crippen LogP contribution in [0.1, 0.15) is 28.4 Å². The van der Waals surface area contributed by atoms with Crippen molar-refractivity contribution >= 4 is 21.7 Å². The summed E-state index contributed by atoms with van der Waals surface area (Å²) in [6, 6.07) is 7.67. The summed E-state index contributed by atoms with van der Waals surface area (Å²) in [4.78, 5) is 11.5. The first-order chi connectivity index (χ1) is 9.38. The van der Waals surface area contributed by atoms with E-state index in [9.17, 15) is 9.18 Å². The third-order valence-electron chi connectivity index (χ3n) is 2.96. The van der Waals surface area contributed by atoms with Crippen molar-refractivity contribution in [1.82, 2.24) is 0 Å². The first-order valence-corrected chi connectivity index (χ1v) is 6.93. The van der Waals surface area contributed by atoms with Gasteiger partial charge in [0, 0.05) is 4.47 Å². The molecule has 2 rings (SSSR count). The van der Waals surface area contributed by atoms with Crippen LogP contribution in [-0.2, 0) is 0 Å². The Hall–Kier alpha value is -1.68. The lowest BCUT2D eigenvalue weighted by atomic mass is 10.1. The molecule has 4 heteroatoms. The molecule has 2 aromatic carbocycles. The van der Waals surface area contributed by atoms with E-state index in [4.69, 9.17) is 4.74 Å². The number of hydrogen-bond acceptors (Lipinski definition) is 2. The van der Waals surface area contributed by atoms with Gasteiger partial charge in [0.2, 0.25) is 0 Å². The molecule has 2 aromatic rings. The molecule has 0 radical (unpaired) electrons. The highest BCUT2D eigenvalue weighted by atomic mass is 79.9. The largest absolute Gasteiger partial charge is 0.457 e. The van der Waals surface area contributed by atoms with Crippen molar-refractivity contribution in [2.75, 3.05) is 0 Å². The maximum absolute atomic E-state index is 13.2. The topological polar surface area (TPSA) is 26.3 Å². The summed E-state index contributed by atoms with van der Waals surface area (Å²) in [6.45, 7) is 5.31. The molecular formula is C16H14BrFO2. The Morgan fingerprint density at radius 3 is 2.30 bits per heavy atom. The van der Waals surface area contributed by atoms with Crippen molar-refractivity contribution in [2.24, 2.45) is 0 Å². The number of Topliss-reactive ketones (excluding diaryl/α,β-unsaturated/α-hetero) is 1. The number of halogens is 2. The second-order valence-electron chi connectivity index (χ2n) is 4.67. The van der Waals surface area contributed by atoms with Gasteiger partial charge in [-0.05, 0) is 62.2 Å². The summed E-state index contributed by atoms with van der Waals surface area (Å²) in [5.74, 6) is 0.299. The summed E-state index contributed by atoms with van der Waals surface area (Å²) in [6.07, 6.45) is 0. The molecule has 0 aliphatic rings. The molecule has 2 nitrogen and oxygen atoms in total. The molecule has 0 fully saturated rings. The second kappa shape index (κ2) is 5.75. The quantitative estimate of drug-likeness (QED) is 0.720. The number of carbonyl (C=O) groups is 1. The van der Waals surface area contributed by atoms with Crippen LogP contribution in [0, 0.1) is 19.7 Å². The van der Waals surface area contributed by atoms with Gasteiger partial charge in [0.05, 0.1) is 5.56 Å². The van der Waals surface area contributed by atoms with E-state index in [0.717, 1.165) is 15.6 Å². The van der Waals surface area contributed by atoms with Crippen molar-refractivity contribution < 1.29 is 13.9 Å². The van der Waals surface area contributed by atoms with Gasteiger partial charge in [-0.15, -0.1) is 0 Å². The summed E-state index contributed by atoms with van der Waals surface area (Å²) in [7, 11) is 0. The highest BCUT2D eigenvalue weighted by molar-refractivity contribution is 9.10. The normalized spacial score (nSPS) is 10.4. The number of rotatable bonds is 3. The molecule has 0 atom stereocenters. The molecule has 0 aromatic heterocycles. The third kappa shape index (κ3) is 3.07. The Kier molecular flexibility index (Phi) is 4.23. The molecule has 0 aliphatic heterocycles. The molecule has 0 bridgehead atoms. The number of carbonyl (C=O) groups excluding carboxylic acids is 1. The van der Waals surface area contributed by atoms with Crippen LogP contribution in [-0.4, -0.2) is 5.78 Å². The zero-order chi connectivity index (χ0) is 14.9. The predicted molar refractivity (Wildman–Crippen MR) is 80.1 cm³/mol. The van der Waals surface area contributed by atoms with E-state index in [2.05, 4.69) is 15.9 Å². The molecule has 0 saturated carbocycles. The Labute approximate surface area is 125 Å². The second-order valence-corrected chi connectivity index (χ2v) is 5.46. The number of aryl methyl sites for hydroxylation is 2. The average molecular weight is 337 g/mol. The monoisotopic (exact) mass is 336 g/mol. The molecule has 0 saturated heterocycles. The molecule has 104 valence electrons. The number of benzene rings is 2. The van der Waals surface area contributed by atoms with Crippen molar-refractivity contribution in [1.29, 1.82) is 0 Å². The smallest absolute Gasteiger partial charge is 0.163 e. The van der Waals surface area contributed by atoms with E-state index < -0.39 is 5.82 Å². The van der Waals surface area contributed by atoms with Crippen LogP contribution < -0.4 is 4.74 Å². The van der Waals surface area contributed by atoms with Crippen molar-refractivity contribution in [3.05, 3.63) is 57.3 Å². The van der Waals surface area contributed by atoms with Crippen LogP contribution >= 0.6 is 15.9 Å². The molecule has 0 N–H and O–H groups in total. The lowest BCUT2D eigenvalue weighted by Gasteiger charge is -2.12. The van der Waals surface area contributed by atoms with E-state index in [1.54, 1.807) is 0 Å². The van der Waals surface area contributed by atoms with Gasteiger partial charge in [-0.25, -0.2) is 4.39 Å². The molecule has 0 aliphatic carbocycles. The Morgan fingerprint density at radius 2 is 1.75 bits per heavy atom. The van der Waals surface area contributed by atoms with Crippen LogP contribution in [0.5, 0.6) is 11.5 Å². The summed E-state index contributed by atoms with van der Waals surface area (Å²) in [5.41, 5.74) is 2.31. The van der Waals surface area contributed by atoms with Crippen molar-refractivity contribution in [3.8, 4) is 11.5 Å². The van der Waals surface area contributed by atoms with E-state index in [-0.39, 0.29) is 11.3 Å². The van der Waals surface area contributed by atoms with Gasteiger partial charge in [-0.1, -0.05) is 15.9 Å². The molecule has 0 unspecified atom stereocenters. The molecule has 0 amide bonds. The summed E-state index contributed by atoms with van der Waals surface area (Å²) < 4.78 is 20.0. The first kappa shape index (κ1) is 14.7. The predicted octanol–water partition coefficient (Wildman–Crippen LogP) is 5.20. The fraction of sp³-hybridized carbons (Fsp3) is 0.188. The molecule has 0 spiro atoms. The Balaban J connectivity index is 2.42. The standard InChI is InChI=1S/C16H14BrFO2/c1-9-6-13(7-10(2)16(9)17)20-15-5-4-12(18)8-14(15)11(3)19/h4-8H,1-3H3. The average Bonchev–Trinajstić information content (AvgIpc) is 2.37. The van der Waals surface area contributed by atoms with Gasteiger partial charge in [-0.2, -0.15) is 0 Å². The van der Waals surface area contributed by atoms with Crippen molar-refractivity contribution in [2.45, 2.75) is 20.8 Å². The maximum Gasteiger partial charge on any atom is 0.163 e. The van der Waals surface area contributed by atoms with Gasteiger partial charge in [-0.3, -0.25) is 4.79 Å². The maximum atomic E-state index is 13.2. The lowest BCUT2D eigenvalue weighted by molar-refractivity contribution is 0.101. The highest BCUT2D eigenvalue weighted by Gasteiger charge is 2.12. The van der Waals surface area contributed by atoms with E-state index >= 15 is 0 Å². The van der Waals surface area contributed by atoms with E-state index in [1.165, 1.54) is 25.1 Å². The minimum Gasteiger partial charge on any atom is -0.457 e. The van der Waals surface area contributed by atoms with E-state index in [1.807, 2.05) is 26.0 Å². The first-order valence-electron chi connectivity index (χ1n) is 6.13. The molecule has 20 heavy (non-hydrogen) atoms. The summed E-state index contributed by atoms with van der Waals surface area (Å²) >= 11 is 3.49. The lowest BCUT2D eigenvalue weighted by Crippen LogP contribution is -1.98. The van der Waals surface area contributed by atoms with Gasteiger partial charge in [0.25, 0.3) is 0 Å². The Bertz CT molecular complexity index is 657. The zero-order valence-electron chi connectivity index (χ0n) is 11.5. The van der Waals surface area contributed by atoms with Gasteiger partial charge in [0.15, 0.2) is 5.78 Å². The van der Waals surface area contributed by atoms with Gasteiger partial charge >= 0.3 is 0 Å². The van der Waals surface area contributed by atoms with Gasteiger partial charge < -0.3 is 4.74 Å². The van der Waals surface area contributed by atoms with Crippen LogP contribution in [0.2, 0.25) is 0 Å². The number of hydrogen-bond donors (Lipinski definition) is 0. The molecule has 0 heterocycles. The van der Waals surface area contributed by atoms with E-state index in [0.29, 0.717) is 11.5 Å². The number of ether oxygens (including phenoxy) is 1. The highest BCUT2D eigenvalue weighted by Crippen LogP contribution is 2.31. The summed E-state index contributed by atoms with van der Waals surface area (Å²) in [5, 5.41) is 0. The van der Waals surface area contributed by atoms with Crippen LogP contribution in [0.25, 0.3) is 0 Å². The fourth-order valence-electron chi connectivity index (χ4n) is 1.96. The van der Waals surface area contributed by atoms with Gasteiger partial charge in [0.1, 0.15) is 17.3 Å². The third-order valence-corrected chi connectivity index (χ3v) is 4.21. The van der Waals surface area contributed by atoms with Crippen molar-refractivity contribution in [3.63, 3.8) is 0 Å². The minimum absolute atomic E-state index is 0.231. The SMILES string of the molecule is CC(=O)c1cc(F)ccc1Oc1cc(C)c(Br)c(C)c1. The fourth-order valence-corrected chi connectivity index (χ4v) is 2.19. The van der Waals surface area contributed by atoms with Crippen LogP contribution in [0.15, 0.2) is 34.8 Å². The zero-order valence-corrected chi connectivity index (χ0v) is 13.0. The number of ketones is 1. The van der Waals surface area contributed by atoms with Crippen LogP contribution in [0.3, 0.4) is 0 Å².